The summed E-state index contributed by atoms with van der Waals surface area (Å²) in [6, 6.07) is -0.833. The zero-order valence-corrected chi connectivity index (χ0v) is 8.48. The molecule has 1 heterocycles. The third-order valence-electron chi connectivity index (χ3n) is 3.70. The molecule has 0 bridgehead atoms. The molecule has 0 aromatic heterocycles. The maximum absolute atomic E-state index is 11.0. The van der Waals surface area contributed by atoms with Crippen molar-refractivity contribution in [3.8, 4) is 0 Å². The van der Waals surface area contributed by atoms with Crippen LogP contribution in [0.4, 0.5) is 4.79 Å². The first kappa shape index (κ1) is 10.3. The van der Waals surface area contributed by atoms with E-state index in [1.807, 2.05) is 0 Å². The Morgan fingerprint density at radius 2 is 1.80 bits per heavy atom. The van der Waals surface area contributed by atoms with E-state index < -0.39 is 18.1 Å². The first-order valence-electron chi connectivity index (χ1n) is 5.26. The number of hydrogen-bond donors (Lipinski definition) is 2. The third-order valence-corrected chi connectivity index (χ3v) is 3.70. The number of carbonyl (C=O) groups is 2. The largest absolute Gasteiger partial charge is 0.480 e. The first-order chi connectivity index (χ1) is 7.04. The Hall–Kier alpha value is -1.26. The van der Waals surface area contributed by atoms with Gasteiger partial charge in [0, 0.05) is 6.54 Å². The van der Waals surface area contributed by atoms with Gasteiger partial charge < -0.3 is 10.2 Å². The molecule has 2 fully saturated rings. The molecule has 1 saturated heterocycles. The summed E-state index contributed by atoms with van der Waals surface area (Å²) in [6.45, 7) is 0.402. The summed E-state index contributed by atoms with van der Waals surface area (Å²) >= 11 is 0. The molecular formula is C10H15NO4. The Morgan fingerprint density at radius 1 is 1.20 bits per heavy atom. The van der Waals surface area contributed by atoms with Crippen LogP contribution in [0.2, 0.25) is 0 Å². The highest BCUT2D eigenvalue weighted by Crippen LogP contribution is 2.47. The third kappa shape index (κ3) is 1.66. The van der Waals surface area contributed by atoms with Crippen LogP contribution in [-0.4, -0.2) is 39.8 Å². The normalized spacial score (nSPS) is 28.5. The molecule has 1 aliphatic heterocycles. The number of likely N-dealkylation sites (tertiary alicyclic amines) is 1. The van der Waals surface area contributed by atoms with Gasteiger partial charge in [0.2, 0.25) is 0 Å². The summed E-state index contributed by atoms with van der Waals surface area (Å²) < 4.78 is 0. The van der Waals surface area contributed by atoms with Gasteiger partial charge in [0.25, 0.3) is 0 Å². The van der Waals surface area contributed by atoms with E-state index in [4.69, 9.17) is 10.2 Å². The highest BCUT2D eigenvalue weighted by Gasteiger charge is 2.49. The smallest absolute Gasteiger partial charge is 0.408 e. The molecule has 2 rings (SSSR count). The average molecular weight is 213 g/mol. The van der Waals surface area contributed by atoms with Gasteiger partial charge in [-0.3, -0.25) is 4.90 Å². The lowest BCUT2D eigenvalue weighted by Crippen LogP contribution is -2.39. The van der Waals surface area contributed by atoms with Crippen LogP contribution in [0.25, 0.3) is 0 Å². The summed E-state index contributed by atoms with van der Waals surface area (Å²) in [5, 5.41) is 17.9. The van der Waals surface area contributed by atoms with Gasteiger partial charge in [0.05, 0.1) is 0 Å². The van der Waals surface area contributed by atoms with E-state index in [0.29, 0.717) is 13.0 Å². The van der Waals surface area contributed by atoms with Crippen molar-refractivity contribution in [1.29, 1.82) is 0 Å². The molecule has 0 aromatic carbocycles. The topological polar surface area (TPSA) is 77.8 Å². The van der Waals surface area contributed by atoms with Crippen LogP contribution < -0.4 is 0 Å². The van der Waals surface area contributed by atoms with Crippen molar-refractivity contribution in [3.05, 3.63) is 0 Å². The lowest BCUT2D eigenvalue weighted by Gasteiger charge is -2.21. The van der Waals surface area contributed by atoms with Gasteiger partial charge in [-0.2, -0.15) is 0 Å². The SMILES string of the molecule is O=C(O)[C@@H]1CC2(CCCC2)CN1C(=O)O. The van der Waals surface area contributed by atoms with Gasteiger partial charge in [0.1, 0.15) is 6.04 Å². The van der Waals surface area contributed by atoms with Crippen LogP contribution in [0.1, 0.15) is 32.1 Å². The highest BCUT2D eigenvalue weighted by atomic mass is 16.4. The Balaban J connectivity index is 2.18. The summed E-state index contributed by atoms with van der Waals surface area (Å²) in [6.07, 6.45) is 3.53. The number of nitrogens with zero attached hydrogens (tertiary/aromatic N) is 1. The molecule has 1 aliphatic carbocycles. The predicted octanol–water partition coefficient (Wildman–Crippen LogP) is 1.38. The minimum atomic E-state index is -1.11. The monoisotopic (exact) mass is 213 g/mol. The van der Waals surface area contributed by atoms with Crippen molar-refractivity contribution in [2.75, 3.05) is 6.54 Å². The van der Waals surface area contributed by atoms with Gasteiger partial charge >= 0.3 is 12.1 Å². The minimum absolute atomic E-state index is 0.0402. The number of amides is 1. The van der Waals surface area contributed by atoms with E-state index >= 15 is 0 Å². The van der Waals surface area contributed by atoms with Crippen LogP contribution in [0.3, 0.4) is 0 Å². The molecule has 84 valence electrons. The summed E-state index contributed by atoms with van der Waals surface area (Å²) in [4.78, 5) is 23.0. The molecule has 5 nitrogen and oxygen atoms in total. The molecular weight excluding hydrogens is 198 g/mol. The predicted molar refractivity (Wildman–Crippen MR) is 51.7 cm³/mol. The molecule has 15 heavy (non-hydrogen) atoms. The number of rotatable bonds is 1. The average Bonchev–Trinajstić information content (AvgIpc) is 2.74. The fraction of sp³-hybridized carbons (Fsp3) is 0.800. The number of aliphatic carboxylic acids is 1. The molecule has 5 heteroatoms. The maximum atomic E-state index is 11.0. The Morgan fingerprint density at radius 3 is 2.20 bits per heavy atom. The number of carboxylic acid groups (broad SMARTS) is 2. The fourth-order valence-electron chi connectivity index (χ4n) is 2.97. The van der Waals surface area contributed by atoms with E-state index in [1.54, 1.807) is 0 Å². The van der Waals surface area contributed by atoms with E-state index in [9.17, 15) is 9.59 Å². The molecule has 1 saturated carbocycles. The molecule has 0 aromatic rings. The van der Waals surface area contributed by atoms with Crippen LogP contribution in [0.5, 0.6) is 0 Å². The van der Waals surface area contributed by atoms with Gasteiger partial charge in [-0.15, -0.1) is 0 Å². The van der Waals surface area contributed by atoms with Crippen molar-refractivity contribution in [2.24, 2.45) is 5.41 Å². The van der Waals surface area contributed by atoms with Gasteiger partial charge in [-0.1, -0.05) is 12.8 Å². The Bertz CT molecular complexity index is 272. The summed E-state index contributed by atoms with van der Waals surface area (Å²) in [5.74, 6) is -1.01. The zero-order valence-electron chi connectivity index (χ0n) is 8.48. The van der Waals surface area contributed by atoms with Crippen molar-refractivity contribution >= 4 is 12.1 Å². The molecule has 2 N–H and O–H groups in total. The second-order valence-electron chi connectivity index (χ2n) is 4.68. The van der Waals surface area contributed by atoms with Crippen LogP contribution in [-0.2, 0) is 4.79 Å². The van der Waals surface area contributed by atoms with Crippen molar-refractivity contribution in [2.45, 2.75) is 38.1 Å². The standard InChI is InChI=1S/C10H15NO4/c12-8(13)7-5-10(3-1-2-4-10)6-11(7)9(14)15/h7H,1-6H2,(H,12,13)(H,14,15)/t7-/m0/s1. The van der Waals surface area contributed by atoms with Gasteiger partial charge in [0.15, 0.2) is 0 Å². The number of hydrogen-bond acceptors (Lipinski definition) is 2. The molecule has 0 unspecified atom stereocenters. The molecule has 1 spiro atoms. The Kier molecular flexibility index (Phi) is 2.32. The highest BCUT2D eigenvalue weighted by molar-refractivity contribution is 5.80. The van der Waals surface area contributed by atoms with Gasteiger partial charge in [-0.25, -0.2) is 9.59 Å². The lowest BCUT2D eigenvalue weighted by atomic mass is 9.84. The second-order valence-corrected chi connectivity index (χ2v) is 4.68. The lowest BCUT2D eigenvalue weighted by molar-refractivity contribution is -0.141. The zero-order chi connectivity index (χ0) is 11.1. The molecule has 1 atom stereocenters. The van der Waals surface area contributed by atoms with E-state index in [2.05, 4.69) is 0 Å². The molecule has 0 radical (unpaired) electrons. The quantitative estimate of drug-likeness (QED) is 0.689. The van der Waals surface area contributed by atoms with Crippen molar-refractivity contribution < 1.29 is 19.8 Å². The summed E-state index contributed by atoms with van der Waals surface area (Å²) in [5.41, 5.74) is -0.0402. The van der Waals surface area contributed by atoms with Crippen molar-refractivity contribution in [3.63, 3.8) is 0 Å². The summed E-state index contributed by atoms with van der Waals surface area (Å²) in [7, 11) is 0. The van der Waals surface area contributed by atoms with Crippen LogP contribution in [0, 0.1) is 5.41 Å². The van der Waals surface area contributed by atoms with Crippen LogP contribution in [0.15, 0.2) is 0 Å². The molecule has 1 amide bonds. The van der Waals surface area contributed by atoms with Gasteiger partial charge in [-0.05, 0) is 24.7 Å². The number of carboxylic acids is 1. The fourth-order valence-corrected chi connectivity index (χ4v) is 2.97. The Labute approximate surface area is 87.7 Å². The maximum Gasteiger partial charge on any atom is 0.408 e. The first-order valence-corrected chi connectivity index (χ1v) is 5.26. The van der Waals surface area contributed by atoms with Crippen LogP contribution >= 0.6 is 0 Å². The van der Waals surface area contributed by atoms with E-state index in [1.165, 1.54) is 0 Å². The van der Waals surface area contributed by atoms with E-state index in [-0.39, 0.29) is 5.41 Å². The van der Waals surface area contributed by atoms with Crippen molar-refractivity contribution in [1.82, 2.24) is 4.90 Å². The molecule has 2 aliphatic rings. The second kappa shape index (κ2) is 3.40. The van der Waals surface area contributed by atoms with E-state index in [0.717, 1.165) is 30.6 Å². The minimum Gasteiger partial charge on any atom is -0.480 e.